The van der Waals surface area contributed by atoms with Crippen LogP contribution in [0.1, 0.15) is 280 Å². The summed E-state index contributed by atoms with van der Waals surface area (Å²) in [5.74, 6) is 3.89. The van der Waals surface area contributed by atoms with Crippen LogP contribution >= 0.6 is 0 Å². The molecule has 5 fully saturated rings. The molecule has 0 aromatic rings. The number of rotatable bonds is 27. The Morgan fingerprint density at radius 1 is 0.525 bits per heavy atom. The van der Waals surface area contributed by atoms with E-state index < -0.39 is 0 Å². The zero-order chi connectivity index (χ0) is 42.6. The van der Waals surface area contributed by atoms with Crippen LogP contribution in [0.5, 0.6) is 0 Å². The molecular formula is C57H102O2. The van der Waals surface area contributed by atoms with Crippen molar-refractivity contribution in [1.82, 2.24) is 0 Å². The highest BCUT2D eigenvalue weighted by Gasteiger charge is 2.70. The number of carbonyl (C=O) groups excluding carboxylic acids is 1. The van der Waals surface area contributed by atoms with Crippen LogP contribution in [0.25, 0.3) is 0 Å². The smallest absolute Gasteiger partial charge is 0.306 e. The molecule has 5 saturated carbocycles. The highest BCUT2D eigenvalue weighted by Crippen LogP contribution is 2.77. The highest BCUT2D eigenvalue weighted by molar-refractivity contribution is 5.69. The molecule has 0 saturated heterocycles. The summed E-state index contributed by atoms with van der Waals surface area (Å²) in [7, 11) is 0. The second-order valence-corrected chi connectivity index (χ2v) is 24.1. The van der Waals surface area contributed by atoms with Gasteiger partial charge in [-0.3, -0.25) is 4.79 Å². The molecule has 0 N–H and O–H groups in total. The van der Waals surface area contributed by atoms with E-state index in [1.54, 1.807) is 0 Å². The Morgan fingerprint density at radius 3 is 1.51 bits per heavy atom. The first-order chi connectivity index (χ1) is 28.2. The van der Waals surface area contributed by atoms with Crippen molar-refractivity contribution in [1.29, 1.82) is 0 Å². The largest absolute Gasteiger partial charge is 0.462 e. The van der Waals surface area contributed by atoms with Gasteiger partial charge in [-0.1, -0.05) is 208 Å². The van der Waals surface area contributed by atoms with E-state index in [4.69, 9.17) is 4.74 Å². The Hall–Kier alpha value is -0.790. The van der Waals surface area contributed by atoms with E-state index in [-0.39, 0.29) is 17.5 Å². The van der Waals surface area contributed by atoms with Gasteiger partial charge in [-0.15, -0.1) is 0 Å². The number of hydrogen-bond donors (Lipinski definition) is 0. The SMILES string of the molecule is C=C(C)C1CCC2(C)CCC3(C)C(CCC4C5(C)CCC(OC(=O)CCCCCCCCCCCCCCCCCCCCCCCCCC)C(C)(C)C5CCC43C)C12. The fourth-order valence-corrected chi connectivity index (χ4v) is 16.1. The molecule has 342 valence electrons. The number of unbranched alkanes of at least 4 members (excludes halogenated alkanes) is 23. The Labute approximate surface area is 369 Å². The van der Waals surface area contributed by atoms with Crippen LogP contribution in [0.4, 0.5) is 0 Å². The normalized spacial score (nSPS) is 36.0. The van der Waals surface area contributed by atoms with Gasteiger partial charge >= 0.3 is 5.97 Å². The van der Waals surface area contributed by atoms with E-state index in [0.717, 1.165) is 36.5 Å². The van der Waals surface area contributed by atoms with Gasteiger partial charge in [0.1, 0.15) is 6.10 Å². The van der Waals surface area contributed by atoms with Gasteiger partial charge < -0.3 is 4.74 Å². The van der Waals surface area contributed by atoms with Crippen molar-refractivity contribution in [2.75, 3.05) is 0 Å². The molecule has 0 spiro atoms. The van der Waals surface area contributed by atoms with E-state index >= 15 is 0 Å². The molecule has 0 amide bonds. The van der Waals surface area contributed by atoms with Crippen LogP contribution < -0.4 is 0 Å². The Morgan fingerprint density at radius 2 is 1.02 bits per heavy atom. The van der Waals surface area contributed by atoms with E-state index in [1.807, 2.05) is 0 Å². The van der Waals surface area contributed by atoms with Gasteiger partial charge in [-0.2, -0.15) is 0 Å². The monoisotopic (exact) mass is 819 g/mol. The molecule has 2 nitrogen and oxygen atoms in total. The van der Waals surface area contributed by atoms with Crippen LogP contribution in [0.2, 0.25) is 0 Å². The summed E-state index contributed by atoms with van der Waals surface area (Å²) in [5, 5.41) is 0. The first-order valence-electron chi connectivity index (χ1n) is 27.1. The third kappa shape index (κ3) is 11.7. The fraction of sp³-hybridized carbons (Fsp3) is 0.947. The zero-order valence-corrected chi connectivity index (χ0v) is 41.2. The Bertz CT molecular complexity index is 1260. The summed E-state index contributed by atoms with van der Waals surface area (Å²) in [6.45, 7) is 25.0. The molecule has 0 aromatic heterocycles. The molecule has 0 radical (unpaired) electrons. The maximum absolute atomic E-state index is 13.3. The second kappa shape index (κ2) is 22.7. The maximum Gasteiger partial charge on any atom is 0.306 e. The van der Waals surface area contributed by atoms with Crippen LogP contribution in [0.3, 0.4) is 0 Å². The highest BCUT2D eigenvalue weighted by atomic mass is 16.5. The predicted octanol–water partition coefficient (Wildman–Crippen LogP) is 18.3. The van der Waals surface area contributed by atoms with Crippen molar-refractivity contribution >= 4 is 5.97 Å². The number of carbonyl (C=O) groups is 1. The molecule has 5 aliphatic carbocycles. The molecule has 5 aliphatic rings. The number of fused-ring (bicyclic) bond motifs is 7. The lowest BCUT2D eigenvalue weighted by Gasteiger charge is -2.73. The minimum atomic E-state index is 0.0373. The lowest BCUT2D eigenvalue weighted by molar-refractivity contribution is -0.249. The predicted molar refractivity (Wildman–Crippen MR) is 256 cm³/mol. The molecule has 0 aliphatic heterocycles. The van der Waals surface area contributed by atoms with Gasteiger partial charge in [0.25, 0.3) is 0 Å². The lowest BCUT2D eigenvalue weighted by atomic mass is 9.32. The van der Waals surface area contributed by atoms with Gasteiger partial charge in [0.15, 0.2) is 0 Å². The molecule has 0 aromatic carbocycles. The van der Waals surface area contributed by atoms with E-state index in [1.165, 1.54) is 211 Å². The summed E-state index contributed by atoms with van der Waals surface area (Å²) < 4.78 is 6.47. The van der Waals surface area contributed by atoms with Crippen LogP contribution in [-0.4, -0.2) is 12.1 Å². The average molecular weight is 819 g/mol. The first kappa shape index (κ1) is 49.2. The minimum absolute atomic E-state index is 0.0373. The molecule has 0 bridgehead atoms. The third-order valence-electron chi connectivity index (χ3n) is 19.9. The van der Waals surface area contributed by atoms with Crippen LogP contribution in [-0.2, 0) is 9.53 Å². The molecule has 10 atom stereocenters. The Balaban J connectivity index is 0.903. The lowest BCUT2D eigenvalue weighted by Crippen LogP contribution is -2.66. The van der Waals surface area contributed by atoms with Gasteiger partial charge in [-0.05, 0) is 129 Å². The van der Waals surface area contributed by atoms with Gasteiger partial charge in [0.2, 0.25) is 0 Å². The summed E-state index contributed by atoms with van der Waals surface area (Å²) in [5.41, 5.74) is 3.17. The summed E-state index contributed by atoms with van der Waals surface area (Å²) >= 11 is 0. The molecule has 0 heterocycles. The van der Waals surface area contributed by atoms with Gasteiger partial charge in [-0.25, -0.2) is 0 Å². The van der Waals surface area contributed by atoms with Gasteiger partial charge in [0.05, 0.1) is 0 Å². The van der Waals surface area contributed by atoms with Crippen LogP contribution in [0, 0.1) is 56.7 Å². The Kier molecular flexibility index (Phi) is 19.0. The maximum atomic E-state index is 13.3. The summed E-state index contributed by atoms with van der Waals surface area (Å²) in [6.07, 6.45) is 47.7. The topological polar surface area (TPSA) is 26.3 Å². The van der Waals surface area contributed by atoms with E-state index in [0.29, 0.717) is 34.0 Å². The molecule has 59 heavy (non-hydrogen) atoms. The molecule has 10 unspecified atom stereocenters. The number of hydrogen-bond acceptors (Lipinski definition) is 2. The van der Waals surface area contributed by atoms with Crippen molar-refractivity contribution in [3.63, 3.8) is 0 Å². The molecule has 2 heteroatoms. The van der Waals surface area contributed by atoms with Crippen molar-refractivity contribution in [2.24, 2.45) is 56.7 Å². The van der Waals surface area contributed by atoms with Gasteiger partial charge in [0, 0.05) is 11.8 Å². The van der Waals surface area contributed by atoms with Crippen molar-refractivity contribution < 1.29 is 9.53 Å². The second-order valence-electron chi connectivity index (χ2n) is 24.1. The quantitative estimate of drug-likeness (QED) is 0.0469. The standard InChI is InChI=1S/C57H102O2/c1-10-11-12-13-14-15-16-17-18-19-20-21-22-23-24-25-26-27-28-29-30-31-32-33-34-51(58)59-50-39-41-55(7)48(53(50,4)5)38-42-57(9)49(55)36-35-47-52-46(45(2)3)37-40-54(52,6)43-44-56(47,57)8/h46-50,52H,2,10-44H2,1,3-9H3. The van der Waals surface area contributed by atoms with Crippen molar-refractivity contribution in [3.8, 4) is 0 Å². The van der Waals surface area contributed by atoms with E-state index in [9.17, 15) is 4.79 Å². The van der Waals surface area contributed by atoms with Crippen LogP contribution in [0.15, 0.2) is 12.2 Å². The number of allylic oxidation sites excluding steroid dienone is 1. The number of esters is 1. The summed E-state index contributed by atoms with van der Waals surface area (Å²) in [4.78, 5) is 13.3. The van der Waals surface area contributed by atoms with Crippen molar-refractivity contribution in [3.05, 3.63) is 12.2 Å². The number of ether oxygens (including phenoxy) is 1. The minimum Gasteiger partial charge on any atom is -0.462 e. The fourth-order valence-electron chi connectivity index (χ4n) is 16.1. The first-order valence-corrected chi connectivity index (χ1v) is 27.1. The molecule has 5 rings (SSSR count). The van der Waals surface area contributed by atoms with E-state index in [2.05, 4.69) is 62.0 Å². The zero-order valence-electron chi connectivity index (χ0n) is 41.2. The molecular weight excluding hydrogens is 717 g/mol. The average Bonchev–Trinajstić information content (AvgIpc) is 3.55. The van der Waals surface area contributed by atoms with Crippen molar-refractivity contribution in [2.45, 2.75) is 286 Å². The summed E-state index contributed by atoms with van der Waals surface area (Å²) in [6, 6.07) is 0. The third-order valence-corrected chi connectivity index (χ3v) is 19.9.